The van der Waals surface area contributed by atoms with Crippen LogP contribution in [-0.4, -0.2) is 24.7 Å². The zero-order valence-electron chi connectivity index (χ0n) is 14.1. The zero-order valence-corrected chi connectivity index (χ0v) is 14.9. The molecule has 0 aliphatic carbocycles. The van der Waals surface area contributed by atoms with E-state index in [2.05, 4.69) is 5.32 Å². The van der Waals surface area contributed by atoms with Crippen molar-refractivity contribution in [1.29, 1.82) is 0 Å². The van der Waals surface area contributed by atoms with Crippen molar-refractivity contribution in [3.8, 4) is 0 Å². The van der Waals surface area contributed by atoms with Gasteiger partial charge in [0, 0.05) is 35.8 Å². The lowest BCUT2D eigenvalue weighted by molar-refractivity contribution is -0.115. The van der Waals surface area contributed by atoms with Crippen LogP contribution in [0, 0.1) is 17.5 Å². The van der Waals surface area contributed by atoms with Gasteiger partial charge in [-0.15, -0.1) is 11.8 Å². The highest BCUT2D eigenvalue weighted by Crippen LogP contribution is 2.29. The van der Waals surface area contributed by atoms with Crippen LogP contribution in [0.15, 0.2) is 41.3 Å². The van der Waals surface area contributed by atoms with E-state index in [1.165, 1.54) is 23.9 Å². The van der Waals surface area contributed by atoms with E-state index in [0.29, 0.717) is 18.8 Å². The van der Waals surface area contributed by atoms with Gasteiger partial charge in [-0.05, 0) is 49.2 Å². The third kappa shape index (κ3) is 4.72. The number of carbonyl (C=O) groups excluding carboxylic acids is 1. The summed E-state index contributed by atoms with van der Waals surface area (Å²) < 4.78 is 41.3. The Morgan fingerprint density at radius 3 is 2.27 bits per heavy atom. The first kappa shape index (κ1) is 18.6. The van der Waals surface area contributed by atoms with Crippen molar-refractivity contribution in [3.05, 3.63) is 53.8 Å². The second kappa shape index (κ2) is 8.49. The van der Waals surface area contributed by atoms with Gasteiger partial charge in [-0.2, -0.15) is 0 Å². The molecule has 1 fully saturated rings. The fourth-order valence-electron chi connectivity index (χ4n) is 2.90. The van der Waals surface area contributed by atoms with E-state index >= 15 is 0 Å². The number of rotatable bonds is 6. The molecule has 1 heterocycles. The molecule has 3 rings (SSSR count). The van der Waals surface area contributed by atoms with Crippen LogP contribution in [0.5, 0.6) is 0 Å². The molecule has 3 nitrogen and oxygen atoms in total. The standard InChI is InChI=1S/C19H19F3N2OS/c20-13-3-5-15(6-4-13)26-10-7-18(25)23-14-11-16(21)19(17(22)12-14)24-8-1-2-9-24/h3-6,11-12H,1-2,7-10H2,(H,23,25). The number of amides is 1. The smallest absolute Gasteiger partial charge is 0.225 e. The van der Waals surface area contributed by atoms with E-state index in [4.69, 9.17) is 0 Å². The molecular weight excluding hydrogens is 361 g/mol. The molecule has 26 heavy (non-hydrogen) atoms. The molecule has 0 spiro atoms. The van der Waals surface area contributed by atoms with Gasteiger partial charge in [-0.1, -0.05) is 0 Å². The highest BCUT2D eigenvalue weighted by Gasteiger charge is 2.21. The molecule has 0 saturated carbocycles. The second-order valence-electron chi connectivity index (χ2n) is 6.08. The number of hydrogen-bond acceptors (Lipinski definition) is 3. The minimum atomic E-state index is -0.664. The van der Waals surface area contributed by atoms with Gasteiger partial charge in [0.2, 0.25) is 5.91 Å². The predicted octanol–water partition coefficient (Wildman–Crippen LogP) is 4.83. The van der Waals surface area contributed by atoms with Crippen molar-refractivity contribution in [2.24, 2.45) is 0 Å². The quantitative estimate of drug-likeness (QED) is 0.729. The van der Waals surface area contributed by atoms with Crippen LogP contribution in [0.3, 0.4) is 0 Å². The van der Waals surface area contributed by atoms with Gasteiger partial charge in [0.25, 0.3) is 0 Å². The summed E-state index contributed by atoms with van der Waals surface area (Å²) in [6, 6.07) is 8.30. The largest absolute Gasteiger partial charge is 0.367 e. The average Bonchev–Trinajstić information content (AvgIpc) is 3.10. The van der Waals surface area contributed by atoms with Crippen LogP contribution in [-0.2, 0) is 4.79 Å². The van der Waals surface area contributed by atoms with Gasteiger partial charge in [0.15, 0.2) is 11.6 Å². The summed E-state index contributed by atoms with van der Waals surface area (Å²) in [5, 5.41) is 2.53. The van der Waals surface area contributed by atoms with E-state index in [9.17, 15) is 18.0 Å². The first-order valence-corrected chi connectivity index (χ1v) is 9.44. The Kier molecular flexibility index (Phi) is 6.08. The third-order valence-electron chi connectivity index (χ3n) is 4.13. The summed E-state index contributed by atoms with van der Waals surface area (Å²) in [4.78, 5) is 14.5. The number of anilines is 2. The van der Waals surface area contributed by atoms with E-state index in [0.717, 1.165) is 29.9 Å². The number of carbonyl (C=O) groups is 1. The van der Waals surface area contributed by atoms with Gasteiger partial charge in [-0.3, -0.25) is 4.79 Å². The lowest BCUT2D eigenvalue weighted by atomic mass is 10.2. The highest BCUT2D eigenvalue weighted by atomic mass is 32.2. The number of halogens is 3. The van der Waals surface area contributed by atoms with Gasteiger partial charge in [0.1, 0.15) is 11.5 Å². The SMILES string of the molecule is O=C(CCSc1ccc(F)cc1)Nc1cc(F)c(N2CCCC2)c(F)c1. The molecule has 7 heteroatoms. The minimum absolute atomic E-state index is 0.0210. The minimum Gasteiger partial charge on any atom is -0.367 e. The maximum atomic E-state index is 14.3. The normalized spacial score (nSPS) is 13.9. The number of benzene rings is 2. The van der Waals surface area contributed by atoms with E-state index in [-0.39, 0.29) is 29.5 Å². The number of thioether (sulfide) groups is 1. The summed E-state index contributed by atoms with van der Waals surface area (Å²) in [5.41, 5.74) is 0.0899. The van der Waals surface area contributed by atoms with Crippen molar-refractivity contribution in [2.75, 3.05) is 29.1 Å². The van der Waals surface area contributed by atoms with Crippen molar-refractivity contribution < 1.29 is 18.0 Å². The molecular formula is C19H19F3N2OS. The van der Waals surface area contributed by atoms with Gasteiger partial charge in [0.05, 0.1) is 0 Å². The van der Waals surface area contributed by atoms with Crippen LogP contribution in [0.1, 0.15) is 19.3 Å². The van der Waals surface area contributed by atoms with Crippen molar-refractivity contribution in [3.63, 3.8) is 0 Å². The predicted molar refractivity (Wildman–Crippen MR) is 98.2 cm³/mol. The van der Waals surface area contributed by atoms with Crippen molar-refractivity contribution in [1.82, 2.24) is 0 Å². The Bertz CT molecular complexity index is 754. The van der Waals surface area contributed by atoms with Crippen molar-refractivity contribution in [2.45, 2.75) is 24.2 Å². The third-order valence-corrected chi connectivity index (χ3v) is 5.15. The molecule has 1 aliphatic heterocycles. The molecule has 0 atom stereocenters. The monoisotopic (exact) mass is 380 g/mol. The van der Waals surface area contributed by atoms with Gasteiger partial charge in [-0.25, -0.2) is 13.2 Å². The maximum absolute atomic E-state index is 14.3. The van der Waals surface area contributed by atoms with Crippen LogP contribution in [0.2, 0.25) is 0 Å². The van der Waals surface area contributed by atoms with Crippen LogP contribution >= 0.6 is 11.8 Å². The fourth-order valence-corrected chi connectivity index (χ4v) is 3.75. The summed E-state index contributed by atoms with van der Waals surface area (Å²) in [7, 11) is 0. The lowest BCUT2D eigenvalue weighted by Crippen LogP contribution is -2.21. The average molecular weight is 380 g/mol. The molecule has 0 unspecified atom stereocenters. The first-order valence-electron chi connectivity index (χ1n) is 8.45. The molecule has 0 aromatic heterocycles. The Morgan fingerprint density at radius 1 is 1.04 bits per heavy atom. The molecule has 1 amide bonds. The van der Waals surface area contributed by atoms with Gasteiger partial charge >= 0.3 is 0 Å². The topological polar surface area (TPSA) is 32.3 Å². The fraction of sp³-hybridized carbons (Fsp3) is 0.316. The zero-order chi connectivity index (χ0) is 18.5. The Hall–Kier alpha value is -2.15. The number of nitrogens with zero attached hydrogens (tertiary/aromatic N) is 1. The first-order chi connectivity index (χ1) is 12.5. The van der Waals surface area contributed by atoms with E-state index in [1.54, 1.807) is 17.0 Å². The molecule has 138 valence electrons. The molecule has 0 bridgehead atoms. The van der Waals surface area contributed by atoms with Gasteiger partial charge < -0.3 is 10.2 Å². The van der Waals surface area contributed by atoms with Crippen LogP contribution < -0.4 is 10.2 Å². The molecule has 1 N–H and O–H groups in total. The highest BCUT2D eigenvalue weighted by molar-refractivity contribution is 7.99. The van der Waals surface area contributed by atoms with E-state index < -0.39 is 11.6 Å². The molecule has 2 aromatic carbocycles. The summed E-state index contributed by atoms with van der Waals surface area (Å²) >= 11 is 1.41. The summed E-state index contributed by atoms with van der Waals surface area (Å²) in [6.45, 7) is 1.28. The van der Waals surface area contributed by atoms with Crippen molar-refractivity contribution >= 4 is 29.0 Å². The van der Waals surface area contributed by atoms with E-state index in [1.807, 2.05) is 0 Å². The maximum Gasteiger partial charge on any atom is 0.225 e. The molecule has 0 radical (unpaired) electrons. The Labute approximate surface area is 154 Å². The molecule has 2 aromatic rings. The summed E-state index contributed by atoms with van der Waals surface area (Å²) in [5.74, 6) is -1.49. The number of hydrogen-bond donors (Lipinski definition) is 1. The van der Waals surface area contributed by atoms with Crippen LogP contribution in [0.4, 0.5) is 24.5 Å². The lowest BCUT2D eigenvalue weighted by Gasteiger charge is -2.19. The molecule has 1 saturated heterocycles. The molecule has 1 aliphatic rings. The Morgan fingerprint density at radius 2 is 1.65 bits per heavy atom. The Balaban J connectivity index is 1.54. The van der Waals surface area contributed by atoms with Crippen LogP contribution in [0.25, 0.3) is 0 Å². The second-order valence-corrected chi connectivity index (χ2v) is 7.25. The number of nitrogens with one attached hydrogen (secondary N) is 1. The summed E-state index contributed by atoms with van der Waals surface area (Å²) in [6.07, 6.45) is 2.02.